The van der Waals surface area contributed by atoms with Gasteiger partial charge in [0.05, 0.1) is 0 Å². The molecule has 0 bridgehead atoms. The van der Waals surface area contributed by atoms with Gasteiger partial charge >= 0.3 is 0 Å². The first-order valence-electron chi connectivity index (χ1n) is 12.9. The van der Waals surface area contributed by atoms with Crippen molar-refractivity contribution in [2.45, 2.75) is 66.2 Å². The van der Waals surface area contributed by atoms with Crippen LogP contribution in [0.1, 0.15) is 76.0 Å². The molecule has 0 radical (unpaired) electrons. The van der Waals surface area contributed by atoms with Gasteiger partial charge in [-0.1, -0.05) is 118 Å². The third kappa shape index (κ3) is 3.78. The van der Waals surface area contributed by atoms with Crippen molar-refractivity contribution in [2.24, 2.45) is 17.3 Å². The highest BCUT2D eigenvalue weighted by atomic mass is 14.4. The zero-order valence-electron chi connectivity index (χ0n) is 21.0. The highest BCUT2D eigenvalue weighted by Crippen LogP contribution is 2.52. The van der Waals surface area contributed by atoms with Crippen LogP contribution in [0.5, 0.6) is 0 Å². The van der Waals surface area contributed by atoms with Crippen molar-refractivity contribution in [1.29, 1.82) is 0 Å². The van der Waals surface area contributed by atoms with Gasteiger partial charge in [-0.25, -0.2) is 0 Å². The molecular weight excluding hydrogens is 396 g/mol. The predicted octanol–water partition coefficient (Wildman–Crippen LogP) is 9.48. The Morgan fingerprint density at radius 1 is 1.03 bits per heavy atom. The molecule has 0 heterocycles. The summed E-state index contributed by atoms with van der Waals surface area (Å²) in [4.78, 5) is 0. The van der Waals surface area contributed by atoms with Crippen LogP contribution in [0, 0.1) is 24.2 Å². The van der Waals surface area contributed by atoms with Crippen molar-refractivity contribution in [3.05, 3.63) is 100 Å². The Bertz CT molecular complexity index is 1230. The number of allylic oxidation sites excluding steroid dienone is 9. The quantitative estimate of drug-likeness (QED) is 0.420. The van der Waals surface area contributed by atoms with Crippen molar-refractivity contribution in [2.75, 3.05) is 0 Å². The van der Waals surface area contributed by atoms with Crippen molar-refractivity contribution in [3.63, 3.8) is 0 Å². The lowest BCUT2D eigenvalue weighted by molar-refractivity contribution is 0.442. The van der Waals surface area contributed by atoms with Gasteiger partial charge < -0.3 is 0 Å². The summed E-state index contributed by atoms with van der Waals surface area (Å²) in [5.41, 5.74) is 9.10. The minimum Gasteiger partial charge on any atom is -0.0839 e. The van der Waals surface area contributed by atoms with Crippen molar-refractivity contribution in [3.8, 4) is 0 Å². The Kier molecular flexibility index (Phi) is 5.81. The van der Waals surface area contributed by atoms with Gasteiger partial charge in [-0.3, -0.25) is 0 Å². The molecule has 0 heteroatoms. The van der Waals surface area contributed by atoms with Crippen LogP contribution in [-0.2, 0) is 0 Å². The zero-order valence-corrected chi connectivity index (χ0v) is 21.0. The molecular formula is C33H38. The van der Waals surface area contributed by atoms with Gasteiger partial charge in [0.15, 0.2) is 0 Å². The lowest BCUT2D eigenvalue weighted by Crippen LogP contribution is -2.22. The Balaban J connectivity index is 1.72. The molecule has 0 saturated heterocycles. The van der Waals surface area contributed by atoms with Gasteiger partial charge in [0, 0.05) is 17.3 Å². The molecule has 0 amide bonds. The van der Waals surface area contributed by atoms with E-state index in [0.29, 0.717) is 17.8 Å². The van der Waals surface area contributed by atoms with E-state index in [1.54, 1.807) is 16.7 Å². The summed E-state index contributed by atoms with van der Waals surface area (Å²) >= 11 is 0. The van der Waals surface area contributed by atoms with E-state index in [1.807, 2.05) is 0 Å². The molecule has 3 aliphatic carbocycles. The maximum absolute atomic E-state index is 2.57. The molecule has 0 fully saturated rings. The summed E-state index contributed by atoms with van der Waals surface area (Å²) in [6.07, 6.45) is 22.0. The molecule has 0 aromatic heterocycles. The molecule has 0 saturated carbocycles. The molecule has 0 N–H and O–H groups in total. The number of rotatable bonds is 4. The van der Waals surface area contributed by atoms with Crippen LogP contribution < -0.4 is 0 Å². The van der Waals surface area contributed by atoms with Crippen LogP contribution in [0.2, 0.25) is 0 Å². The van der Waals surface area contributed by atoms with Gasteiger partial charge in [0.25, 0.3) is 0 Å². The van der Waals surface area contributed by atoms with Crippen LogP contribution in [0.15, 0.2) is 83.5 Å². The topological polar surface area (TPSA) is 0 Å². The summed E-state index contributed by atoms with van der Waals surface area (Å²) < 4.78 is 0. The van der Waals surface area contributed by atoms with Crippen molar-refractivity contribution < 1.29 is 0 Å². The van der Waals surface area contributed by atoms with Gasteiger partial charge in [-0.05, 0) is 65.7 Å². The van der Waals surface area contributed by atoms with E-state index in [4.69, 9.17) is 0 Å². The maximum Gasteiger partial charge on any atom is 0.0128 e. The maximum atomic E-state index is 2.57. The summed E-state index contributed by atoms with van der Waals surface area (Å²) in [6, 6.07) is 11.6. The molecule has 0 spiro atoms. The van der Waals surface area contributed by atoms with Crippen LogP contribution in [-0.4, -0.2) is 0 Å². The van der Waals surface area contributed by atoms with E-state index < -0.39 is 0 Å². The first-order chi connectivity index (χ1) is 15.9. The van der Waals surface area contributed by atoms with E-state index in [0.717, 1.165) is 6.42 Å². The minimum atomic E-state index is 0.117. The molecule has 4 atom stereocenters. The SMILES string of the molecule is CCCCC1(C)C=CC2c3ccc4ccc(C)cc4c3C=CC2C(C2=CC=CCC2C)=C1C. The molecule has 2 aromatic rings. The fourth-order valence-corrected chi connectivity index (χ4v) is 6.29. The van der Waals surface area contributed by atoms with Crippen LogP contribution >= 0.6 is 0 Å². The van der Waals surface area contributed by atoms with Gasteiger partial charge in [0.1, 0.15) is 0 Å². The van der Waals surface area contributed by atoms with E-state index in [2.05, 4.69) is 107 Å². The summed E-state index contributed by atoms with van der Waals surface area (Å²) in [5, 5.41) is 2.73. The number of unbranched alkanes of at least 4 members (excludes halogenated alkanes) is 1. The Morgan fingerprint density at radius 3 is 2.64 bits per heavy atom. The van der Waals surface area contributed by atoms with Gasteiger partial charge in [-0.2, -0.15) is 0 Å². The smallest absolute Gasteiger partial charge is 0.0128 e. The second-order valence-electron chi connectivity index (χ2n) is 10.8. The van der Waals surface area contributed by atoms with Gasteiger partial charge in [0.2, 0.25) is 0 Å². The van der Waals surface area contributed by atoms with E-state index in [1.165, 1.54) is 46.7 Å². The normalized spacial score (nSPS) is 28.5. The highest BCUT2D eigenvalue weighted by Gasteiger charge is 2.38. The first-order valence-corrected chi connectivity index (χ1v) is 12.9. The van der Waals surface area contributed by atoms with Crippen LogP contribution in [0.25, 0.3) is 16.8 Å². The fraction of sp³-hybridized carbons (Fsp3) is 0.394. The first kappa shape index (κ1) is 22.2. The lowest BCUT2D eigenvalue weighted by Gasteiger charge is -2.36. The Morgan fingerprint density at radius 2 is 1.85 bits per heavy atom. The van der Waals surface area contributed by atoms with Crippen molar-refractivity contribution >= 4 is 16.8 Å². The lowest BCUT2D eigenvalue weighted by atomic mass is 9.68. The molecule has 0 aliphatic heterocycles. The molecule has 5 rings (SSSR count). The number of aryl methyl sites for hydroxylation is 1. The molecule has 4 unspecified atom stereocenters. The second-order valence-corrected chi connectivity index (χ2v) is 10.8. The standard InChI is InChI=1S/C33H38/c1-6-7-19-33(5)20-18-29-27-15-14-25-13-12-22(2)21-31(25)28(27)16-17-30(29)32(24(33)4)26-11-9-8-10-23(26)3/h8-9,11-18,20-21,23,29-30H,6-7,10,19H2,1-5H3. The zero-order chi connectivity index (χ0) is 23.2. The molecule has 2 aromatic carbocycles. The highest BCUT2D eigenvalue weighted by molar-refractivity contribution is 5.93. The number of hydrogen-bond acceptors (Lipinski definition) is 0. The van der Waals surface area contributed by atoms with Crippen LogP contribution in [0.4, 0.5) is 0 Å². The summed E-state index contributed by atoms with van der Waals surface area (Å²) in [6.45, 7) is 11.8. The monoisotopic (exact) mass is 434 g/mol. The van der Waals surface area contributed by atoms with Gasteiger partial charge in [-0.15, -0.1) is 0 Å². The van der Waals surface area contributed by atoms with E-state index in [9.17, 15) is 0 Å². The average Bonchev–Trinajstić information content (AvgIpc) is 2.93. The molecule has 170 valence electrons. The van der Waals surface area contributed by atoms with E-state index >= 15 is 0 Å². The largest absolute Gasteiger partial charge is 0.0839 e. The summed E-state index contributed by atoms with van der Waals surface area (Å²) in [5.74, 6) is 1.37. The Labute approximate surface area is 200 Å². The second kappa shape index (κ2) is 8.64. The van der Waals surface area contributed by atoms with E-state index in [-0.39, 0.29) is 5.41 Å². The predicted molar refractivity (Wildman–Crippen MR) is 144 cm³/mol. The average molecular weight is 435 g/mol. The summed E-state index contributed by atoms with van der Waals surface area (Å²) in [7, 11) is 0. The minimum absolute atomic E-state index is 0.117. The number of benzene rings is 2. The molecule has 0 nitrogen and oxygen atoms in total. The third-order valence-corrected chi connectivity index (χ3v) is 8.53. The molecule has 3 aliphatic rings. The van der Waals surface area contributed by atoms with Crippen molar-refractivity contribution in [1.82, 2.24) is 0 Å². The fourth-order valence-electron chi connectivity index (χ4n) is 6.29. The number of fused-ring (bicyclic) bond motifs is 5. The third-order valence-electron chi connectivity index (χ3n) is 8.53. The van der Waals surface area contributed by atoms with Crippen LogP contribution in [0.3, 0.4) is 0 Å². The Hall–Kier alpha value is -2.60. The number of hydrogen-bond donors (Lipinski definition) is 0. The molecule has 33 heavy (non-hydrogen) atoms.